The van der Waals surface area contributed by atoms with Crippen molar-refractivity contribution in [2.75, 3.05) is 0 Å². The molecule has 3 nitrogen and oxygen atoms in total. The minimum Gasteiger partial charge on any atom is -0.259 e. The van der Waals surface area contributed by atoms with E-state index >= 15 is 0 Å². The largest absolute Gasteiger partial charge is 0.259 e. The van der Waals surface area contributed by atoms with Crippen LogP contribution in [0.25, 0.3) is 16.8 Å². The summed E-state index contributed by atoms with van der Waals surface area (Å²) < 4.78 is 0. The van der Waals surface area contributed by atoms with Gasteiger partial charge in [-0.2, -0.15) is 0 Å². The molecule has 0 unspecified atom stereocenters. The Bertz CT molecular complexity index is 624. The zero-order valence-corrected chi connectivity index (χ0v) is 11.2. The lowest BCUT2D eigenvalue weighted by atomic mass is 10.0. The fraction of sp³-hybridized carbons (Fsp3) is 0.250. The van der Waals surface area contributed by atoms with Crippen LogP contribution in [-0.2, 0) is 0 Å². The van der Waals surface area contributed by atoms with Crippen LogP contribution in [0, 0.1) is 16.0 Å². The summed E-state index contributed by atoms with van der Waals surface area (Å²) in [4.78, 5) is 10.8. The van der Waals surface area contributed by atoms with E-state index in [1.165, 1.54) is 0 Å². The van der Waals surface area contributed by atoms with Crippen molar-refractivity contribution in [1.82, 2.24) is 0 Å². The zero-order chi connectivity index (χ0) is 13.8. The van der Waals surface area contributed by atoms with E-state index in [1.807, 2.05) is 56.3 Å². The van der Waals surface area contributed by atoms with Crippen molar-refractivity contribution in [3.05, 3.63) is 63.8 Å². The molecule has 2 rings (SSSR count). The summed E-state index contributed by atoms with van der Waals surface area (Å²) in [6, 6.07) is 13.8. The van der Waals surface area contributed by atoms with Gasteiger partial charge >= 0.3 is 0 Å². The zero-order valence-electron chi connectivity index (χ0n) is 11.2. The van der Waals surface area contributed by atoms with E-state index in [2.05, 4.69) is 0 Å². The molecular weight excluding hydrogens is 238 g/mol. The van der Waals surface area contributed by atoms with Gasteiger partial charge < -0.3 is 0 Å². The van der Waals surface area contributed by atoms with Crippen LogP contribution in [0.4, 0.5) is 0 Å². The number of fused-ring (bicyclic) bond motifs is 1. The Morgan fingerprint density at radius 2 is 1.89 bits per heavy atom. The maximum absolute atomic E-state index is 11.1. The Labute approximate surface area is 112 Å². The summed E-state index contributed by atoms with van der Waals surface area (Å²) in [7, 11) is 0. The molecule has 2 aromatic carbocycles. The molecule has 0 spiro atoms. The Morgan fingerprint density at radius 3 is 2.58 bits per heavy atom. The third kappa shape index (κ3) is 3.19. The third-order valence-corrected chi connectivity index (χ3v) is 3.00. The average molecular weight is 255 g/mol. The molecule has 0 aromatic heterocycles. The molecule has 0 N–H and O–H groups in total. The molecule has 0 aliphatic carbocycles. The fourth-order valence-electron chi connectivity index (χ4n) is 2.16. The van der Waals surface area contributed by atoms with Gasteiger partial charge in [-0.1, -0.05) is 56.3 Å². The van der Waals surface area contributed by atoms with Gasteiger partial charge in [0.15, 0.2) is 0 Å². The van der Waals surface area contributed by atoms with Crippen LogP contribution >= 0.6 is 0 Å². The molecule has 3 heteroatoms. The minimum atomic E-state index is -0.276. The number of allylic oxidation sites excluding steroid dienone is 1. The molecular formula is C16H17NO2. The number of hydrogen-bond donors (Lipinski definition) is 0. The number of hydrogen-bond acceptors (Lipinski definition) is 2. The van der Waals surface area contributed by atoms with Crippen molar-refractivity contribution in [2.45, 2.75) is 20.3 Å². The van der Waals surface area contributed by atoms with Crippen LogP contribution in [0.5, 0.6) is 0 Å². The lowest BCUT2D eigenvalue weighted by Crippen LogP contribution is -2.02. The highest BCUT2D eigenvalue weighted by Crippen LogP contribution is 2.23. The van der Waals surface area contributed by atoms with Crippen LogP contribution in [0.1, 0.15) is 25.8 Å². The number of benzene rings is 2. The van der Waals surface area contributed by atoms with Crippen molar-refractivity contribution >= 4 is 16.8 Å². The maximum atomic E-state index is 11.1. The smallest absolute Gasteiger partial charge is 0.247 e. The molecule has 0 atom stereocenters. The minimum absolute atomic E-state index is 0.270. The van der Waals surface area contributed by atoms with Crippen LogP contribution in [0.3, 0.4) is 0 Å². The van der Waals surface area contributed by atoms with E-state index < -0.39 is 0 Å². The second kappa shape index (κ2) is 5.65. The van der Waals surface area contributed by atoms with E-state index in [9.17, 15) is 10.1 Å². The van der Waals surface area contributed by atoms with Gasteiger partial charge in [-0.3, -0.25) is 10.1 Å². The number of nitrogens with zero attached hydrogens (tertiary/aromatic N) is 1. The molecule has 0 aliphatic rings. The first kappa shape index (κ1) is 13.3. The predicted molar refractivity (Wildman–Crippen MR) is 78.4 cm³/mol. The Kier molecular flexibility index (Phi) is 3.95. The molecule has 0 bridgehead atoms. The Morgan fingerprint density at radius 1 is 1.21 bits per heavy atom. The van der Waals surface area contributed by atoms with Crippen LogP contribution in [-0.4, -0.2) is 4.92 Å². The highest BCUT2D eigenvalue weighted by molar-refractivity contribution is 5.90. The summed E-state index contributed by atoms with van der Waals surface area (Å²) in [5.74, 6) is 0.270. The topological polar surface area (TPSA) is 43.1 Å². The van der Waals surface area contributed by atoms with Gasteiger partial charge in [0, 0.05) is 12.5 Å². The summed E-state index contributed by atoms with van der Waals surface area (Å²) in [6.45, 7) is 3.97. The summed E-state index contributed by atoms with van der Waals surface area (Å²) in [5, 5.41) is 13.3. The van der Waals surface area contributed by atoms with Crippen LogP contribution in [0.15, 0.2) is 48.2 Å². The molecule has 98 valence electrons. The maximum Gasteiger partial charge on any atom is 0.247 e. The van der Waals surface area contributed by atoms with Crippen LogP contribution in [0.2, 0.25) is 0 Å². The van der Waals surface area contributed by atoms with E-state index in [-0.39, 0.29) is 16.5 Å². The second-order valence-electron chi connectivity index (χ2n) is 5.06. The molecule has 0 heterocycles. The molecule has 0 saturated carbocycles. The molecule has 0 amide bonds. The highest BCUT2D eigenvalue weighted by atomic mass is 16.6. The van der Waals surface area contributed by atoms with Gasteiger partial charge in [-0.25, -0.2) is 0 Å². The summed E-state index contributed by atoms with van der Waals surface area (Å²) in [6.07, 6.45) is 2.18. The molecule has 2 aromatic rings. The van der Waals surface area contributed by atoms with E-state index in [1.54, 1.807) is 6.08 Å². The number of nitro groups is 1. The van der Waals surface area contributed by atoms with E-state index in [0.717, 1.165) is 16.3 Å². The second-order valence-corrected chi connectivity index (χ2v) is 5.06. The van der Waals surface area contributed by atoms with E-state index in [4.69, 9.17) is 0 Å². The van der Waals surface area contributed by atoms with Crippen molar-refractivity contribution in [3.63, 3.8) is 0 Å². The molecule has 0 fully saturated rings. The average Bonchev–Trinajstić information content (AvgIpc) is 2.37. The fourth-order valence-corrected chi connectivity index (χ4v) is 2.16. The van der Waals surface area contributed by atoms with Crippen LogP contribution < -0.4 is 0 Å². The lowest BCUT2D eigenvalue weighted by molar-refractivity contribution is -0.427. The van der Waals surface area contributed by atoms with Crippen molar-refractivity contribution in [1.29, 1.82) is 0 Å². The normalized spacial score (nSPS) is 12.1. The standard InChI is InChI=1S/C16H17NO2/c1-12(2)10-15(17(18)19)11-14-8-5-7-13-6-3-4-9-16(13)14/h3-9,11-12H,10H2,1-2H3. The summed E-state index contributed by atoms with van der Waals surface area (Å²) >= 11 is 0. The van der Waals surface area contributed by atoms with Crippen molar-refractivity contribution in [2.24, 2.45) is 5.92 Å². The molecule has 0 aliphatic heterocycles. The Balaban J connectivity index is 2.51. The third-order valence-electron chi connectivity index (χ3n) is 3.00. The number of rotatable bonds is 4. The van der Waals surface area contributed by atoms with Gasteiger partial charge in [0.05, 0.1) is 4.92 Å². The van der Waals surface area contributed by atoms with Gasteiger partial charge in [-0.15, -0.1) is 0 Å². The first-order valence-electron chi connectivity index (χ1n) is 6.40. The monoisotopic (exact) mass is 255 g/mol. The predicted octanol–water partition coefficient (Wildman–Crippen LogP) is 4.50. The molecule has 0 radical (unpaired) electrons. The van der Waals surface area contributed by atoms with E-state index in [0.29, 0.717) is 6.42 Å². The van der Waals surface area contributed by atoms with Gasteiger partial charge in [-0.05, 0) is 22.3 Å². The highest BCUT2D eigenvalue weighted by Gasteiger charge is 2.13. The lowest BCUT2D eigenvalue weighted by Gasteiger charge is -2.05. The quantitative estimate of drug-likeness (QED) is 0.596. The molecule has 19 heavy (non-hydrogen) atoms. The van der Waals surface area contributed by atoms with Crippen molar-refractivity contribution in [3.8, 4) is 0 Å². The van der Waals surface area contributed by atoms with Gasteiger partial charge in [0.2, 0.25) is 5.70 Å². The molecule has 0 saturated heterocycles. The SMILES string of the molecule is CC(C)CC(=Cc1cccc2ccccc12)[N+](=O)[O-]. The summed E-state index contributed by atoms with van der Waals surface area (Å²) in [5.41, 5.74) is 1.18. The Hall–Kier alpha value is -2.16. The first-order valence-corrected chi connectivity index (χ1v) is 6.40. The van der Waals surface area contributed by atoms with Crippen molar-refractivity contribution < 1.29 is 4.92 Å². The van der Waals surface area contributed by atoms with Gasteiger partial charge in [0.1, 0.15) is 0 Å². The first-order chi connectivity index (χ1) is 9.08. The van der Waals surface area contributed by atoms with Gasteiger partial charge in [0.25, 0.3) is 0 Å².